The maximum Gasteiger partial charge on any atom is 0.325 e. The Morgan fingerprint density at radius 2 is 1.96 bits per heavy atom. The summed E-state index contributed by atoms with van der Waals surface area (Å²) in [5.74, 6) is -1.01. The van der Waals surface area contributed by atoms with E-state index in [1.54, 1.807) is 18.2 Å². The molecule has 0 saturated carbocycles. The van der Waals surface area contributed by atoms with Gasteiger partial charge in [-0.3, -0.25) is 19.3 Å². The lowest BCUT2D eigenvalue weighted by Gasteiger charge is -2.08. The number of carbonyl (C=O) groups is 2. The van der Waals surface area contributed by atoms with Crippen LogP contribution in [-0.4, -0.2) is 43.8 Å². The summed E-state index contributed by atoms with van der Waals surface area (Å²) in [4.78, 5) is 26.7. The van der Waals surface area contributed by atoms with Crippen LogP contribution in [0.25, 0.3) is 0 Å². The van der Waals surface area contributed by atoms with Crippen molar-refractivity contribution in [1.82, 2.24) is 10.0 Å². The molecule has 1 aromatic rings. The Labute approximate surface area is 146 Å². The number of rotatable bonds is 8. The highest BCUT2D eigenvalue weighted by molar-refractivity contribution is 7.90. The zero-order valence-electron chi connectivity index (χ0n) is 13.9. The molecule has 25 heavy (non-hydrogen) atoms. The minimum Gasteiger partial charge on any atom is -0.480 e. The molecule has 3 N–H and O–H groups in total. The van der Waals surface area contributed by atoms with E-state index in [2.05, 4.69) is 15.0 Å². The van der Waals surface area contributed by atoms with Crippen molar-refractivity contribution in [2.24, 2.45) is 4.99 Å². The third-order valence-corrected chi connectivity index (χ3v) is 5.14. The maximum atomic E-state index is 11.9. The van der Waals surface area contributed by atoms with Crippen molar-refractivity contribution in [2.45, 2.75) is 43.5 Å². The van der Waals surface area contributed by atoms with Crippen LogP contribution in [0, 0.1) is 0 Å². The monoisotopic (exact) mass is 367 g/mol. The van der Waals surface area contributed by atoms with Gasteiger partial charge in [0.1, 0.15) is 11.9 Å². The average Bonchev–Trinajstić information content (AvgIpc) is 2.82. The minimum atomic E-state index is -3.51. The number of nitrogens with one attached hydrogen (secondary N) is 2. The van der Waals surface area contributed by atoms with Crippen molar-refractivity contribution in [3.8, 4) is 0 Å². The van der Waals surface area contributed by atoms with E-state index in [1.165, 1.54) is 13.0 Å². The zero-order valence-corrected chi connectivity index (χ0v) is 14.7. The third-order valence-electron chi connectivity index (χ3n) is 3.74. The summed E-state index contributed by atoms with van der Waals surface area (Å²) in [6.07, 6.45) is 2.31. The second-order valence-corrected chi connectivity index (χ2v) is 7.42. The number of aliphatic imine (C=N–C) groups is 1. The van der Waals surface area contributed by atoms with Gasteiger partial charge in [0.15, 0.2) is 0 Å². The highest BCUT2D eigenvalue weighted by Crippen LogP contribution is 2.22. The molecule has 0 fully saturated rings. The molecule has 1 aromatic carbocycles. The van der Waals surface area contributed by atoms with E-state index < -0.39 is 22.0 Å². The molecule has 9 heteroatoms. The SMILES string of the molecule is CC(NC(=O)CCCCCN=C1NS(=O)(=O)c2ccccc21)C(=O)O. The fourth-order valence-electron chi connectivity index (χ4n) is 2.39. The largest absolute Gasteiger partial charge is 0.480 e. The van der Waals surface area contributed by atoms with E-state index in [4.69, 9.17) is 5.11 Å². The number of aliphatic carboxylic acids is 1. The summed E-state index contributed by atoms with van der Waals surface area (Å²) in [7, 11) is -3.51. The third kappa shape index (κ3) is 5.02. The molecule has 2 rings (SSSR count). The van der Waals surface area contributed by atoms with Gasteiger partial charge in [-0.25, -0.2) is 8.42 Å². The molecular formula is C16H21N3O5S. The van der Waals surface area contributed by atoms with Crippen LogP contribution in [0.2, 0.25) is 0 Å². The molecular weight excluding hydrogens is 346 g/mol. The topological polar surface area (TPSA) is 125 Å². The van der Waals surface area contributed by atoms with Gasteiger partial charge in [0.05, 0.1) is 4.90 Å². The van der Waals surface area contributed by atoms with E-state index in [9.17, 15) is 18.0 Å². The van der Waals surface area contributed by atoms with E-state index in [0.717, 1.165) is 6.42 Å². The van der Waals surface area contributed by atoms with Gasteiger partial charge in [-0.05, 0) is 31.9 Å². The summed E-state index contributed by atoms with van der Waals surface area (Å²) in [5.41, 5.74) is 0.574. The first-order valence-corrected chi connectivity index (χ1v) is 9.48. The molecule has 8 nitrogen and oxygen atoms in total. The van der Waals surface area contributed by atoms with Gasteiger partial charge in [0, 0.05) is 18.5 Å². The number of carboxylic acids is 1. The van der Waals surface area contributed by atoms with E-state index >= 15 is 0 Å². The Balaban J connectivity index is 1.74. The molecule has 1 atom stereocenters. The van der Waals surface area contributed by atoms with Crippen LogP contribution in [-0.2, 0) is 19.6 Å². The summed E-state index contributed by atoms with van der Waals surface area (Å²) >= 11 is 0. The first kappa shape index (κ1) is 18.9. The van der Waals surface area contributed by atoms with Crippen LogP contribution < -0.4 is 10.0 Å². The smallest absolute Gasteiger partial charge is 0.325 e. The van der Waals surface area contributed by atoms with Gasteiger partial charge >= 0.3 is 5.97 Å². The normalized spacial score (nSPS) is 17.6. The first-order valence-electron chi connectivity index (χ1n) is 8.00. The summed E-state index contributed by atoms with van der Waals surface area (Å²) < 4.78 is 26.3. The van der Waals surface area contributed by atoms with E-state index in [0.29, 0.717) is 30.8 Å². The number of amidine groups is 1. The first-order chi connectivity index (χ1) is 11.8. The quantitative estimate of drug-likeness (QED) is 0.588. The highest BCUT2D eigenvalue weighted by atomic mass is 32.2. The number of carbonyl (C=O) groups excluding carboxylic acids is 1. The fourth-order valence-corrected chi connectivity index (χ4v) is 3.64. The van der Waals surface area contributed by atoms with Gasteiger partial charge in [0.2, 0.25) is 5.91 Å². The van der Waals surface area contributed by atoms with Crippen LogP contribution in [0.4, 0.5) is 0 Å². The van der Waals surface area contributed by atoms with Crippen LogP contribution in [0.5, 0.6) is 0 Å². The minimum absolute atomic E-state index is 0.234. The number of unbranched alkanes of at least 4 members (excludes halogenated alkanes) is 2. The molecule has 1 aliphatic rings. The van der Waals surface area contributed by atoms with Crippen molar-refractivity contribution in [1.29, 1.82) is 0 Å². The maximum absolute atomic E-state index is 11.9. The second-order valence-electron chi connectivity index (χ2n) is 5.77. The Morgan fingerprint density at radius 1 is 1.24 bits per heavy atom. The van der Waals surface area contributed by atoms with Crippen LogP contribution in [0.1, 0.15) is 38.2 Å². The predicted octanol–water partition coefficient (Wildman–Crippen LogP) is 0.875. The van der Waals surface area contributed by atoms with Gasteiger partial charge in [0.25, 0.3) is 10.0 Å². The summed E-state index contributed by atoms with van der Waals surface area (Å²) in [6.45, 7) is 1.86. The lowest BCUT2D eigenvalue weighted by molar-refractivity contribution is -0.141. The standard InChI is InChI=1S/C16H21N3O5S/c1-11(16(21)22)18-14(20)9-3-2-6-10-17-15-12-7-4-5-8-13(12)25(23,24)19-15/h4-5,7-8,11H,2-3,6,9-10H2,1H3,(H,17,19)(H,18,20)(H,21,22). The van der Waals surface area contributed by atoms with Crippen molar-refractivity contribution in [3.05, 3.63) is 29.8 Å². The van der Waals surface area contributed by atoms with Gasteiger partial charge in [-0.1, -0.05) is 18.6 Å². The molecule has 0 aromatic heterocycles. The van der Waals surface area contributed by atoms with Crippen LogP contribution >= 0.6 is 0 Å². The lowest BCUT2D eigenvalue weighted by atomic mass is 10.1. The van der Waals surface area contributed by atoms with Gasteiger partial charge < -0.3 is 10.4 Å². The Morgan fingerprint density at radius 3 is 2.68 bits per heavy atom. The fraction of sp³-hybridized carbons (Fsp3) is 0.438. The number of carboxylic acid groups (broad SMARTS) is 1. The Hall–Kier alpha value is -2.42. The van der Waals surface area contributed by atoms with Crippen molar-refractivity contribution in [2.75, 3.05) is 6.54 Å². The molecule has 1 amide bonds. The summed E-state index contributed by atoms with van der Waals surface area (Å²) in [5, 5.41) is 11.1. The molecule has 0 bridgehead atoms. The van der Waals surface area contributed by atoms with Crippen molar-refractivity contribution >= 4 is 27.7 Å². The molecule has 1 heterocycles. The van der Waals surface area contributed by atoms with E-state index in [1.807, 2.05) is 0 Å². The number of benzene rings is 1. The van der Waals surface area contributed by atoms with E-state index in [-0.39, 0.29) is 17.2 Å². The van der Waals surface area contributed by atoms with Gasteiger partial charge in [-0.2, -0.15) is 0 Å². The second kappa shape index (κ2) is 8.11. The van der Waals surface area contributed by atoms with Crippen molar-refractivity contribution < 1.29 is 23.1 Å². The molecule has 0 saturated heterocycles. The number of hydrogen-bond donors (Lipinski definition) is 3. The molecule has 1 unspecified atom stereocenters. The number of fused-ring (bicyclic) bond motifs is 1. The van der Waals surface area contributed by atoms with Gasteiger partial charge in [-0.15, -0.1) is 0 Å². The lowest BCUT2D eigenvalue weighted by Crippen LogP contribution is -2.38. The Bertz CT molecular complexity index is 789. The summed E-state index contributed by atoms with van der Waals surface area (Å²) in [6, 6.07) is 5.77. The van der Waals surface area contributed by atoms with Crippen LogP contribution in [0.3, 0.4) is 0 Å². The number of sulfonamides is 1. The Kier molecular flexibility index (Phi) is 6.13. The molecule has 0 radical (unpaired) electrons. The molecule has 136 valence electrons. The zero-order chi connectivity index (χ0) is 18.4. The van der Waals surface area contributed by atoms with Crippen LogP contribution in [0.15, 0.2) is 34.2 Å². The molecule has 1 aliphatic heterocycles. The number of amides is 1. The molecule has 0 spiro atoms. The molecule has 0 aliphatic carbocycles. The number of hydrogen-bond acceptors (Lipinski definition) is 5. The van der Waals surface area contributed by atoms with Crippen molar-refractivity contribution in [3.63, 3.8) is 0 Å². The number of nitrogens with zero attached hydrogens (tertiary/aromatic N) is 1. The highest BCUT2D eigenvalue weighted by Gasteiger charge is 2.29. The predicted molar refractivity (Wildman–Crippen MR) is 91.9 cm³/mol. The average molecular weight is 367 g/mol.